The third kappa shape index (κ3) is 63.9. The van der Waals surface area contributed by atoms with Crippen LogP contribution in [0.2, 0.25) is 0 Å². The topological polar surface area (TPSA) is 78.9 Å². The fraction of sp³-hybridized carbons (Fsp3) is 0.608. The monoisotopic (exact) mass is 1100 g/mol. The number of hydrogen-bond acceptors (Lipinski definition) is 6. The fourth-order valence-corrected chi connectivity index (χ4v) is 8.38. The first-order valence-corrected chi connectivity index (χ1v) is 32.5. The van der Waals surface area contributed by atoms with Gasteiger partial charge in [-0.05, 0) is 148 Å². The molecule has 0 aliphatic carbocycles. The zero-order valence-electron chi connectivity index (χ0n) is 51.5. The standard InChI is InChI=1S/C74H118O6/c1-4-7-10-13-16-19-22-25-27-29-30-31-32-33-34-35-36-37-38-39-40-41-42-43-44-45-47-49-52-55-58-61-64-67-73(76)79-70-71(69-78-72(75)66-63-60-57-54-51-48-24-21-18-15-12-9-6-3)80-74(77)68-65-62-59-56-53-50-46-28-26-23-20-17-14-11-8-5-2/h7,10,12,15-16,19-21,23-25,27-28,30-31,33-34,36-37,39-40,42-43,45-47,71H,4-6,8-9,11,13-14,17-18,22,26,29,32,35,38,41,44,48-70H2,1-3H3/b10-7-,15-12-,19-16-,23-20-,24-21-,27-25-,31-30-,34-33-,37-36-,40-39-,43-42-,46-28-,47-45-. The highest BCUT2D eigenvalue weighted by Crippen LogP contribution is 2.14. The van der Waals surface area contributed by atoms with Crippen molar-refractivity contribution in [2.75, 3.05) is 13.2 Å². The van der Waals surface area contributed by atoms with Gasteiger partial charge in [-0.15, -0.1) is 0 Å². The predicted molar refractivity (Wildman–Crippen MR) is 348 cm³/mol. The van der Waals surface area contributed by atoms with Crippen molar-refractivity contribution >= 4 is 17.9 Å². The van der Waals surface area contributed by atoms with E-state index in [1.807, 2.05) is 0 Å². The summed E-state index contributed by atoms with van der Waals surface area (Å²) in [4.78, 5) is 38.3. The van der Waals surface area contributed by atoms with E-state index in [0.29, 0.717) is 19.3 Å². The second-order valence-electron chi connectivity index (χ2n) is 20.9. The highest BCUT2D eigenvalue weighted by molar-refractivity contribution is 5.71. The number of carbonyl (C=O) groups is 3. The van der Waals surface area contributed by atoms with Crippen molar-refractivity contribution in [3.05, 3.63) is 158 Å². The van der Waals surface area contributed by atoms with Crippen molar-refractivity contribution in [3.63, 3.8) is 0 Å². The summed E-state index contributed by atoms with van der Waals surface area (Å²) in [7, 11) is 0. The largest absolute Gasteiger partial charge is 0.462 e. The Hall–Kier alpha value is -4.97. The molecule has 6 nitrogen and oxygen atoms in total. The van der Waals surface area contributed by atoms with Gasteiger partial charge in [0.15, 0.2) is 6.10 Å². The number of rotatable bonds is 57. The van der Waals surface area contributed by atoms with Crippen LogP contribution in [0.4, 0.5) is 0 Å². The summed E-state index contributed by atoms with van der Waals surface area (Å²) in [6.07, 6.45) is 96.8. The van der Waals surface area contributed by atoms with Crippen molar-refractivity contribution in [3.8, 4) is 0 Å². The van der Waals surface area contributed by atoms with Crippen LogP contribution < -0.4 is 0 Å². The quantitative estimate of drug-likeness (QED) is 0.0261. The van der Waals surface area contributed by atoms with E-state index in [0.717, 1.165) is 193 Å². The van der Waals surface area contributed by atoms with Gasteiger partial charge in [0.05, 0.1) is 0 Å². The van der Waals surface area contributed by atoms with E-state index in [9.17, 15) is 14.4 Å². The van der Waals surface area contributed by atoms with Gasteiger partial charge in [0.25, 0.3) is 0 Å². The number of esters is 3. The molecule has 0 bridgehead atoms. The molecule has 6 heteroatoms. The van der Waals surface area contributed by atoms with Crippen molar-refractivity contribution in [1.29, 1.82) is 0 Å². The van der Waals surface area contributed by atoms with Gasteiger partial charge in [0.2, 0.25) is 0 Å². The van der Waals surface area contributed by atoms with Crippen LogP contribution in [0.1, 0.15) is 271 Å². The van der Waals surface area contributed by atoms with Gasteiger partial charge in [-0.2, -0.15) is 0 Å². The van der Waals surface area contributed by atoms with E-state index in [4.69, 9.17) is 14.2 Å². The van der Waals surface area contributed by atoms with Crippen LogP contribution in [-0.4, -0.2) is 37.2 Å². The van der Waals surface area contributed by atoms with Crippen LogP contribution in [0.25, 0.3) is 0 Å². The average molecular weight is 1100 g/mol. The highest BCUT2D eigenvalue weighted by Gasteiger charge is 2.19. The Morgan fingerprint density at radius 1 is 0.263 bits per heavy atom. The Morgan fingerprint density at radius 2 is 0.512 bits per heavy atom. The molecule has 0 amide bonds. The Labute approximate surface area is 492 Å². The normalized spacial score (nSPS) is 13.2. The van der Waals surface area contributed by atoms with Gasteiger partial charge < -0.3 is 14.2 Å². The summed E-state index contributed by atoms with van der Waals surface area (Å²) in [6.45, 7) is 6.40. The molecule has 0 radical (unpaired) electrons. The number of hydrogen-bond donors (Lipinski definition) is 0. The Kier molecular flexibility index (Phi) is 62.4. The molecular weight excluding hydrogens is 985 g/mol. The molecular formula is C74H118O6. The average Bonchev–Trinajstić information content (AvgIpc) is 3.46. The number of unbranched alkanes of at least 4 members (excludes halogenated alkanes) is 20. The Bertz CT molecular complexity index is 1790. The van der Waals surface area contributed by atoms with Crippen LogP contribution in [0, 0.1) is 0 Å². The molecule has 80 heavy (non-hydrogen) atoms. The molecule has 0 N–H and O–H groups in total. The lowest BCUT2D eigenvalue weighted by Crippen LogP contribution is -2.30. The van der Waals surface area contributed by atoms with E-state index in [2.05, 4.69) is 179 Å². The third-order valence-electron chi connectivity index (χ3n) is 13.2. The Balaban J connectivity index is 4.36. The minimum Gasteiger partial charge on any atom is -0.462 e. The van der Waals surface area contributed by atoms with E-state index in [1.54, 1.807) is 0 Å². The molecule has 0 aromatic heterocycles. The van der Waals surface area contributed by atoms with Gasteiger partial charge >= 0.3 is 17.9 Å². The zero-order chi connectivity index (χ0) is 57.8. The van der Waals surface area contributed by atoms with E-state index in [1.165, 1.54) is 38.5 Å². The number of allylic oxidation sites excluding steroid dienone is 26. The number of carbonyl (C=O) groups excluding carboxylic acids is 3. The first-order valence-electron chi connectivity index (χ1n) is 32.5. The molecule has 0 aromatic carbocycles. The van der Waals surface area contributed by atoms with Gasteiger partial charge in [0, 0.05) is 19.3 Å². The van der Waals surface area contributed by atoms with Crippen LogP contribution in [0.5, 0.6) is 0 Å². The van der Waals surface area contributed by atoms with Gasteiger partial charge in [-0.25, -0.2) is 0 Å². The molecule has 0 fully saturated rings. The Morgan fingerprint density at radius 3 is 0.812 bits per heavy atom. The maximum Gasteiger partial charge on any atom is 0.306 e. The molecule has 0 saturated heterocycles. The van der Waals surface area contributed by atoms with Crippen molar-refractivity contribution in [1.82, 2.24) is 0 Å². The molecule has 0 rings (SSSR count). The summed E-state index contributed by atoms with van der Waals surface area (Å²) < 4.78 is 16.9. The van der Waals surface area contributed by atoms with Gasteiger partial charge in [0.1, 0.15) is 13.2 Å². The molecule has 0 saturated carbocycles. The molecule has 0 aliphatic heterocycles. The third-order valence-corrected chi connectivity index (χ3v) is 13.2. The summed E-state index contributed by atoms with van der Waals surface area (Å²) in [5, 5.41) is 0. The molecule has 450 valence electrons. The summed E-state index contributed by atoms with van der Waals surface area (Å²) >= 11 is 0. The summed E-state index contributed by atoms with van der Waals surface area (Å²) in [5.41, 5.74) is 0. The SMILES string of the molecule is CC/C=C\C/C=C\C/C=C\C/C=C\C/C=C\C/C=C\C/C=C\C/C=C\C/C=C\CCCCCCCC(=O)OCC(COC(=O)CCCCCCC/C=C\C/C=C\CCC)OC(=O)CCCCCCC/C=C\C/C=C\CCCCCC. The molecule has 0 aromatic rings. The van der Waals surface area contributed by atoms with Crippen molar-refractivity contribution in [2.45, 2.75) is 277 Å². The molecule has 0 heterocycles. The second-order valence-corrected chi connectivity index (χ2v) is 20.9. The highest BCUT2D eigenvalue weighted by atomic mass is 16.6. The zero-order valence-corrected chi connectivity index (χ0v) is 51.5. The van der Waals surface area contributed by atoms with Crippen molar-refractivity contribution < 1.29 is 28.6 Å². The lowest BCUT2D eigenvalue weighted by molar-refractivity contribution is -0.167. The lowest BCUT2D eigenvalue weighted by Gasteiger charge is -2.18. The van der Waals surface area contributed by atoms with Crippen LogP contribution in [0.3, 0.4) is 0 Å². The van der Waals surface area contributed by atoms with Gasteiger partial charge in [-0.3, -0.25) is 14.4 Å². The molecule has 1 atom stereocenters. The first-order chi connectivity index (χ1) is 39.5. The maximum atomic E-state index is 12.9. The van der Waals surface area contributed by atoms with Crippen LogP contribution in [0.15, 0.2) is 158 Å². The van der Waals surface area contributed by atoms with Crippen molar-refractivity contribution in [2.24, 2.45) is 0 Å². The number of ether oxygens (including phenoxy) is 3. The predicted octanol–water partition coefficient (Wildman–Crippen LogP) is 22.5. The molecule has 1 unspecified atom stereocenters. The second kappa shape index (κ2) is 66.5. The van der Waals surface area contributed by atoms with Crippen LogP contribution >= 0.6 is 0 Å². The smallest absolute Gasteiger partial charge is 0.306 e. The van der Waals surface area contributed by atoms with Crippen LogP contribution in [-0.2, 0) is 28.6 Å². The first kappa shape index (κ1) is 75.0. The van der Waals surface area contributed by atoms with E-state index < -0.39 is 6.10 Å². The lowest BCUT2D eigenvalue weighted by atomic mass is 10.1. The van der Waals surface area contributed by atoms with E-state index in [-0.39, 0.29) is 31.1 Å². The summed E-state index contributed by atoms with van der Waals surface area (Å²) in [6, 6.07) is 0. The summed E-state index contributed by atoms with van der Waals surface area (Å²) in [5.74, 6) is -0.952. The molecule has 0 aliphatic rings. The molecule has 0 spiro atoms. The minimum absolute atomic E-state index is 0.103. The fourth-order valence-electron chi connectivity index (χ4n) is 8.38. The minimum atomic E-state index is -0.807. The van der Waals surface area contributed by atoms with E-state index >= 15 is 0 Å². The van der Waals surface area contributed by atoms with Gasteiger partial charge in [-0.1, -0.05) is 262 Å². The maximum absolute atomic E-state index is 12.9.